The SMILES string of the molecule is O=C(Nc1ccc(Cl)cc1)c1ccccc1NCC(=O)N1CCNC1=O. The molecule has 1 heterocycles. The van der Waals surface area contributed by atoms with Gasteiger partial charge < -0.3 is 16.0 Å². The van der Waals surface area contributed by atoms with Crippen LogP contribution in [0.25, 0.3) is 0 Å². The molecule has 4 amide bonds. The number of urea groups is 1. The summed E-state index contributed by atoms with van der Waals surface area (Å²) in [6, 6.07) is 13.2. The molecule has 0 spiro atoms. The van der Waals surface area contributed by atoms with Gasteiger partial charge in [0.1, 0.15) is 0 Å². The fourth-order valence-electron chi connectivity index (χ4n) is 2.54. The molecule has 3 rings (SSSR count). The number of imide groups is 1. The van der Waals surface area contributed by atoms with Crippen LogP contribution in [-0.2, 0) is 4.79 Å². The van der Waals surface area contributed by atoms with Crippen molar-refractivity contribution >= 4 is 40.8 Å². The average Bonchev–Trinajstić information content (AvgIpc) is 3.08. The van der Waals surface area contributed by atoms with E-state index in [0.717, 1.165) is 4.90 Å². The fourth-order valence-corrected chi connectivity index (χ4v) is 2.67. The van der Waals surface area contributed by atoms with Crippen molar-refractivity contribution in [1.82, 2.24) is 10.2 Å². The molecular weight excluding hydrogens is 356 g/mol. The quantitative estimate of drug-likeness (QED) is 0.752. The molecule has 8 heteroatoms. The van der Waals surface area contributed by atoms with Crippen molar-refractivity contribution in [2.45, 2.75) is 0 Å². The van der Waals surface area contributed by atoms with E-state index in [9.17, 15) is 14.4 Å². The van der Waals surface area contributed by atoms with Crippen molar-refractivity contribution in [3.63, 3.8) is 0 Å². The van der Waals surface area contributed by atoms with Crippen molar-refractivity contribution in [3.8, 4) is 0 Å². The molecule has 134 valence electrons. The second-order valence-corrected chi connectivity index (χ2v) is 6.07. The lowest BCUT2D eigenvalue weighted by Gasteiger charge is -2.15. The number of nitrogens with zero attached hydrogens (tertiary/aromatic N) is 1. The number of amides is 4. The van der Waals surface area contributed by atoms with E-state index in [0.29, 0.717) is 35.1 Å². The lowest BCUT2D eigenvalue weighted by Crippen LogP contribution is -2.38. The molecule has 0 aromatic heterocycles. The van der Waals surface area contributed by atoms with Crippen LogP contribution in [0.5, 0.6) is 0 Å². The minimum Gasteiger partial charge on any atom is -0.375 e. The molecule has 7 nitrogen and oxygen atoms in total. The van der Waals surface area contributed by atoms with Crippen molar-refractivity contribution in [2.24, 2.45) is 0 Å². The number of anilines is 2. The third-order valence-corrected chi connectivity index (χ3v) is 4.11. The van der Waals surface area contributed by atoms with E-state index in [-0.39, 0.29) is 18.4 Å². The Hall–Kier alpha value is -3.06. The highest BCUT2D eigenvalue weighted by Crippen LogP contribution is 2.19. The summed E-state index contributed by atoms with van der Waals surface area (Å²) in [5, 5.41) is 8.86. The van der Waals surface area contributed by atoms with Gasteiger partial charge >= 0.3 is 6.03 Å². The molecule has 2 aromatic rings. The van der Waals surface area contributed by atoms with E-state index in [1.54, 1.807) is 48.5 Å². The minimum atomic E-state index is -0.398. The Morgan fingerprint density at radius 2 is 1.85 bits per heavy atom. The maximum atomic E-state index is 12.5. The second kappa shape index (κ2) is 7.88. The smallest absolute Gasteiger partial charge is 0.324 e. The van der Waals surface area contributed by atoms with Crippen LogP contribution in [0.4, 0.5) is 16.2 Å². The number of rotatable bonds is 5. The van der Waals surface area contributed by atoms with E-state index < -0.39 is 6.03 Å². The first kappa shape index (κ1) is 17.8. The Morgan fingerprint density at radius 1 is 1.12 bits per heavy atom. The number of carbonyl (C=O) groups excluding carboxylic acids is 3. The first-order chi connectivity index (χ1) is 12.5. The van der Waals surface area contributed by atoms with Crippen LogP contribution in [0.2, 0.25) is 5.02 Å². The Kier molecular flexibility index (Phi) is 5.38. The minimum absolute atomic E-state index is 0.0847. The molecule has 1 saturated heterocycles. The van der Waals surface area contributed by atoms with Crippen molar-refractivity contribution in [2.75, 3.05) is 30.3 Å². The van der Waals surface area contributed by atoms with Crippen molar-refractivity contribution in [3.05, 3.63) is 59.1 Å². The predicted molar refractivity (Wildman–Crippen MR) is 99.4 cm³/mol. The van der Waals surface area contributed by atoms with Crippen LogP contribution in [-0.4, -0.2) is 42.4 Å². The van der Waals surface area contributed by atoms with E-state index in [4.69, 9.17) is 11.6 Å². The van der Waals surface area contributed by atoms with Gasteiger partial charge in [-0.05, 0) is 36.4 Å². The Balaban J connectivity index is 1.67. The molecule has 0 aliphatic carbocycles. The molecule has 2 aromatic carbocycles. The third-order valence-electron chi connectivity index (χ3n) is 3.86. The van der Waals surface area contributed by atoms with Crippen LogP contribution in [0, 0.1) is 0 Å². The van der Waals surface area contributed by atoms with E-state index in [1.165, 1.54) is 0 Å². The summed E-state index contributed by atoms with van der Waals surface area (Å²) in [5.41, 5.74) is 1.51. The number of hydrogen-bond donors (Lipinski definition) is 3. The zero-order valence-corrected chi connectivity index (χ0v) is 14.5. The molecule has 0 unspecified atom stereocenters. The maximum absolute atomic E-state index is 12.5. The number of nitrogens with one attached hydrogen (secondary N) is 3. The van der Waals surface area contributed by atoms with Gasteiger partial charge in [-0.15, -0.1) is 0 Å². The summed E-state index contributed by atoms with van der Waals surface area (Å²) in [5.74, 6) is -0.672. The molecule has 1 aliphatic rings. The third kappa shape index (κ3) is 4.12. The highest BCUT2D eigenvalue weighted by atomic mass is 35.5. The van der Waals surface area contributed by atoms with Gasteiger partial charge in [-0.3, -0.25) is 14.5 Å². The normalized spacial score (nSPS) is 13.3. The second-order valence-electron chi connectivity index (χ2n) is 5.64. The predicted octanol–water partition coefficient (Wildman–Crippen LogP) is 2.56. The monoisotopic (exact) mass is 372 g/mol. The maximum Gasteiger partial charge on any atom is 0.324 e. The molecule has 3 N–H and O–H groups in total. The summed E-state index contributed by atoms with van der Waals surface area (Å²) in [6.45, 7) is 0.710. The van der Waals surface area contributed by atoms with Crippen molar-refractivity contribution < 1.29 is 14.4 Å². The number of carbonyl (C=O) groups is 3. The highest BCUT2D eigenvalue weighted by molar-refractivity contribution is 6.30. The van der Waals surface area contributed by atoms with Gasteiger partial charge in [0.2, 0.25) is 5.91 Å². The molecule has 0 radical (unpaired) electrons. The van der Waals surface area contributed by atoms with Crippen molar-refractivity contribution in [1.29, 1.82) is 0 Å². The zero-order chi connectivity index (χ0) is 18.5. The van der Waals surface area contributed by atoms with Crippen LogP contribution in [0.3, 0.4) is 0 Å². The molecule has 0 atom stereocenters. The lowest BCUT2D eigenvalue weighted by molar-refractivity contribution is -0.125. The lowest BCUT2D eigenvalue weighted by atomic mass is 10.1. The van der Waals surface area contributed by atoms with Gasteiger partial charge in [0.05, 0.1) is 12.1 Å². The summed E-state index contributed by atoms with van der Waals surface area (Å²) < 4.78 is 0. The molecule has 0 bridgehead atoms. The van der Waals surface area contributed by atoms with Gasteiger partial charge in [-0.25, -0.2) is 4.79 Å². The number of halogens is 1. The molecule has 0 saturated carbocycles. The number of para-hydroxylation sites is 1. The first-order valence-electron chi connectivity index (χ1n) is 8.02. The Bertz CT molecular complexity index is 839. The van der Waals surface area contributed by atoms with Gasteiger partial charge in [-0.2, -0.15) is 0 Å². The summed E-state index contributed by atoms with van der Waals surface area (Å²) in [7, 11) is 0. The molecule has 26 heavy (non-hydrogen) atoms. The largest absolute Gasteiger partial charge is 0.375 e. The van der Waals surface area contributed by atoms with Crippen LogP contribution in [0.15, 0.2) is 48.5 Å². The summed E-state index contributed by atoms with van der Waals surface area (Å²) in [6.07, 6.45) is 0. The molecular formula is C18H17ClN4O3. The Labute approximate surface area is 155 Å². The standard InChI is InChI=1S/C18H17ClN4O3/c19-12-5-7-13(8-6-12)22-17(25)14-3-1-2-4-15(14)21-11-16(24)23-10-9-20-18(23)26/h1-8,21H,9-11H2,(H,20,26)(H,22,25). The van der Waals surface area contributed by atoms with Gasteiger partial charge in [0, 0.05) is 29.5 Å². The zero-order valence-electron chi connectivity index (χ0n) is 13.8. The average molecular weight is 373 g/mol. The van der Waals surface area contributed by atoms with E-state index in [1.807, 2.05) is 0 Å². The molecule has 1 aliphatic heterocycles. The van der Waals surface area contributed by atoms with Gasteiger partial charge in [0.25, 0.3) is 5.91 Å². The van der Waals surface area contributed by atoms with Crippen LogP contribution >= 0.6 is 11.6 Å². The topological polar surface area (TPSA) is 90.5 Å². The number of benzene rings is 2. The van der Waals surface area contributed by atoms with E-state index >= 15 is 0 Å². The van der Waals surface area contributed by atoms with Gasteiger partial charge in [0.15, 0.2) is 0 Å². The van der Waals surface area contributed by atoms with E-state index in [2.05, 4.69) is 16.0 Å². The highest BCUT2D eigenvalue weighted by Gasteiger charge is 2.25. The van der Waals surface area contributed by atoms with Crippen LogP contribution < -0.4 is 16.0 Å². The summed E-state index contributed by atoms with van der Waals surface area (Å²) >= 11 is 5.84. The first-order valence-corrected chi connectivity index (χ1v) is 8.40. The fraction of sp³-hybridized carbons (Fsp3) is 0.167. The summed E-state index contributed by atoms with van der Waals surface area (Å²) in [4.78, 5) is 37.3. The molecule has 1 fully saturated rings. The van der Waals surface area contributed by atoms with Crippen LogP contribution in [0.1, 0.15) is 10.4 Å². The number of hydrogen-bond acceptors (Lipinski definition) is 4. The Morgan fingerprint density at radius 3 is 2.54 bits per heavy atom. The van der Waals surface area contributed by atoms with Gasteiger partial charge in [-0.1, -0.05) is 23.7 Å².